The van der Waals surface area contributed by atoms with Crippen LogP contribution in [0.1, 0.15) is 39.2 Å². The summed E-state index contributed by atoms with van der Waals surface area (Å²) in [6.45, 7) is 7.26. The van der Waals surface area contributed by atoms with Crippen LogP contribution >= 0.6 is 11.6 Å². The van der Waals surface area contributed by atoms with Crippen LogP contribution in [0, 0.1) is 5.41 Å². The Morgan fingerprint density at radius 1 is 1.31 bits per heavy atom. The van der Waals surface area contributed by atoms with E-state index in [4.69, 9.17) is 16.3 Å². The molecule has 1 aromatic carbocycles. The lowest BCUT2D eigenvalue weighted by molar-refractivity contribution is -0.0498. The molecule has 2 aromatic rings. The van der Waals surface area contributed by atoms with E-state index in [0.717, 1.165) is 47.4 Å². The largest absolute Gasteiger partial charge is 0.444 e. The Bertz CT molecular complexity index is 907. The molecule has 138 valence electrons. The molecule has 0 bridgehead atoms. The number of aromatic nitrogens is 2. The molecule has 1 spiro atoms. The number of amides is 1. The van der Waals surface area contributed by atoms with Crippen molar-refractivity contribution in [3.05, 3.63) is 34.5 Å². The Labute approximate surface area is 158 Å². The second-order valence-corrected chi connectivity index (χ2v) is 9.05. The molecule has 26 heavy (non-hydrogen) atoms. The van der Waals surface area contributed by atoms with Crippen molar-refractivity contribution in [3.8, 4) is 0 Å². The van der Waals surface area contributed by atoms with Gasteiger partial charge in [0.15, 0.2) is 0 Å². The Kier molecular flexibility index (Phi) is 3.85. The maximum absolute atomic E-state index is 12.1. The smallest absolute Gasteiger partial charge is 0.410 e. The quantitative estimate of drug-likeness (QED) is 0.731. The zero-order valence-electron chi connectivity index (χ0n) is 15.7. The van der Waals surface area contributed by atoms with Crippen molar-refractivity contribution < 1.29 is 9.53 Å². The molecule has 0 N–H and O–H groups in total. The molecular weight excluding hydrogens is 350 g/mol. The lowest BCUT2D eigenvalue weighted by Crippen LogP contribution is -2.62. The Balaban J connectivity index is 1.41. The van der Waals surface area contributed by atoms with Gasteiger partial charge in [0, 0.05) is 30.9 Å². The third kappa shape index (κ3) is 2.98. The minimum absolute atomic E-state index is 0.203. The molecule has 2 aliphatic rings. The van der Waals surface area contributed by atoms with Crippen molar-refractivity contribution in [1.82, 2.24) is 14.7 Å². The van der Waals surface area contributed by atoms with Crippen molar-refractivity contribution in [2.75, 3.05) is 13.1 Å². The molecule has 6 heteroatoms. The lowest BCUT2D eigenvalue weighted by atomic mass is 9.60. The number of rotatable bonds is 1. The van der Waals surface area contributed by atoms with Gasteiger partial charge in [0.1, 0.15) is 5.60 Å². The molecule has 1 aliphatic carbocycles. The number of fused-ring (bicyclic) bond motifs is 1. The fourth-order valence-electron chi connectivity index (χ4n) is 4.02. The molecule has 2 heterocycles. The highest BCUT2D eigenvalue weighted by atomic mass is 35.5. The molecule has 5 nitrogen and oxygen atoms in total. The molecule has 2 fully saturated rings. The van der Waals surface area contributed by atoms with Gasteiger partial charge in [-0.2, -0.15) is 5.10 Å². The molecule has 0 unspecified atom stereocenters. The first-order valence-electron chi connectivity index (χ1n) is 8.93. The van der Waals surface area contributed by atoms with Crippen LogP contribution in [0.3, 0.4) is 0 Å². The predicted octanol–water partition coefficient (Wildman–Crippen LogP) is 4.64. The maximum atomic E-state index is 12.1. The van der Waals surface area contributed by atoms with Gasteiger partial charge in [-0.25, -0.2) is 4.79 Å². The summed E-state index contributed by atoms with van der Waals surface area (Å²) in [7, 11) is 1.91. The van der Waals surface area contributed by atoms with Gasteiger partial charge in [-0.05, 0) is 39.2 Å². The standard InChI is InChI=1S/C20H24ClN3O2/c1-19(2,3)26-18(25)24-11-20(12-24)8-13(9-20)7-14-5-6-15-10-22-23(4)17(15)16(14)21/h5-7,10H,8-9,11-12H2,1-4H3. The van der Waals surface area contributed by atoms with E-state index in [1.165, 1.54) is 5.57 Å². The number of carbonyl (C=O) groups is 1. The van der Waals surface area contributed by atoms with E-state index in [0.29, 0.717) is 0 Å². The summed E-state index contributed by atoms with van der Waals surface area (Å²) in [6.07, 6.45) is 5.86. The van der Waals surface area contributed by atoms with Crippen LogP contribution in [0.25, 0.3) is 17.0 Å². The SMILES string of the molecule is Cn1ncc2ccc(C=C3CC4(C3)CN(C(=O)OC(C)(C)C)C4)c(Cl)c21. The number of ether oxygens (including phenoxy) is 1. The van der Waals surface area contributed by atoms with Crippen LogP contribution in [-0.2, 0) is 11.8 Å². The summed E-state index contributed by atoms with van der Waals surface area (Å²) >= 11 is 6.58. The van der Waals surface area contributed by atoms with Crippen LogP contribution in [0.4, 0.5) is 4.79 Å². The lowest BCUT2D eigenvalue weighted by Gasteiger charge is -2.56. The number of nitrogens with zero attached hydrogens (tertiary/aromatic N) is 3. The molecule has 1 saturated heterocycles. The Morgan fingerprint density at radius 2 is 2.00 bits per heavy atom. The van der Waals surface area contributed by atoms with Crippen LogP contribution in [-0.4, -0.2) is 39.5 Å². The highest BCUT2D eigenvalue weighted by Crippen LogP contribution is 2.52. The number of carbonyl (C=O) groups excluding carboxylic acids is 1. The van der Waals surface area contributed by atoms with Crippen LogP contribution in [0.5, 0.6) is 0 Å². The molecule has 4 rings (SSSR count). The van der Waals surface area contributed by atoms with Crippen LogP contribution in [0.2, 0.25) is 5.02 Å². The average Bonchev–Trinajstić information content (AvgIpc) is 2.82. The Hall–Kier alpha value is -2.01. The van der Waals surface area contributed by atoms with E-state index >= 15 is 0 Å². The third-order valence-electron chi connectivity index (χ3n) is 5.14. The number of aryl methyl sites for hydroxylation is 1. The van der Waals surface area contributed by atoms with Gasteiger partial charge in [0.05, 0.1) is 16.7 Å². The zero-order valence-corrected chi connectivity index (χ0v) is 16.4. The van der Waals surface area contributed by atoms with Crippen LogP contribution in [0.15, 0.2) is 23.9 Å². The maximum Gasteiger partial charge on any atom is 0.410 e. The first kappa shape index (κ1) is 17.4. The van der Waals surface area contributed by atoms with Crippen LogP contribution < -0.4 is 0 Å². The number of halogens is 1. The fourth-order valence-corrected chi connectivity index (χ4v) is 4.37. The molecular formula is C20H24ClN3O2. The average molecular weight is 374 g/mol. The zero-order chi connectivity index (χ0) is 18.7. The van der Waals surface area contributed by atoms with E-state index in [-0.39, 0.29) is 11.5 Å². The molecule has 1 aromatic heterocycles. The van der Waals surface area contributed by atoms with Crippen molar-refractivity contribution in [3.63, 3.8) is 0 Å². The molecule has 1 amide bonds. The molecule has 0 atom stereocenters. The number of hydrogen-bond donors (Lipinski definition) is 0. The number of likely N-dealkylation sites (tertiary alicyclic amines) is 1. The van der Waals surface area contributed by atoms with Gasteiger partial charge >= 0.3 is 6.09 Å². The van der Waals surface area contributed by atoms with Gasteiger partial charge in [0.2, 0.25) is 0 Å². The third-order valence-corrected chi connectivity index (χ3v) is 5.54. The summed E-state index contributed by atoms with van der Waals surface area (Å²) in [6, 6.07) is 4.11. The fraction of sp³-hybridized carbons (Fsp3) is 0.500. The minimum atomic E-state index is -0.439. The van der Waals surface area contributed by atoms with Gasteiger partial charge in [-0.3, -0.25) is 4.68 Å². The van der Waals surface area contributed by atoms with Crippen molar-refractivity contribution in [2.24, 2.45) is 12.5 Å². The molecule has 1 saturated carbocycles. The van der Waals surface area contributed by atoms with Gasteiger partial charge in [0.25, 0.3) is 0 Å². The molecule has 0 radical (unpaired) electrons. The summed E-state index contributed by atoms with van der Waals surface area (Å²) in [5, 5.41) is 6.07. The second kappa shape index (κ2) is 5.74. The number of benzene rings is 1. The van der Waals surface area contributed by atoms with Crippen molar-refractivity contribution >= 4 is 34.7 Å². The number of allylic oxidation sites excluding steroid dienone is 1. The van der Waals surface area contributed by atoms with Gasteiger partial charge in [-0.15, -0.1) is 0 Å². The molecule has 1 aliphatic heterocycles. The van der Waals surface area contributed by atoms with E-state index in [9.17, 15) is 4.79 Å². The van der Waals surface area contributed by atoms with Crippen molar-refractivity contribution in [2.45, 2.75) is 39.2 Å². The monoisotopic (exact) mass is 373 g/mol. The highest BCUT2D eigenvalue weighted by molar-refractivity contribution is 6.36. The van der Waals surface area contributed by atoms with E-state index in [1.807, 2.05) is 38.7 Å². The highest BCUT2D eigenvalue weighted by Gasteiger charge is 2.52. The normalized spacial score (nSPS) is 18.7. The van der Waals surface area contributed by atoms with E-state index in [1.54, 1.807) is 4.90 Å². The summed E-state index contributed by atoms with van der Waals surface area (Å²) in [5.74, 6) is 0. The second-order valence-electron chi connectivity index (χ2n) is 8.67. The Morgan fingerprint density at radius 3 is 2.65 bits per heavy atom. The van der Waals surface area contributed by atoms with Crippen molar-refractivity contribution in [1.29, 1.82) is 0 Å². The predicted molar refractivity (Wildman–Crippen MR) is 103 cm³/mol. The minimum Gasteiger partial charge on any atom is -0.444 e. The van der Waals surface area contributed by atoms with E-state index in [2.05, 4.69) is 23.3 Å². The summed E-state index contributed by atoms with van der Waals surface area (Å²) in [4.78, 5) is 13.9. The topological polar surface area (TPSA) is 47.4 Å². The summed E-state index contributed by atoms with van der Waals surface area (Å²) in [5.41, 5.74) is 3.19. The summed E-state index contributed by atoms with van der Waals surface area (Å²) < 4.78 is 7.24. The van der Waals surface area contributed by atoms with Gasteiger partial charge in [-0.1, -0.05) is 35.4 Å². The van der Waals surface area contributed by atoms with Gasteiger partial charge < -0.3 is 9.64 Å². The first-order valence-corrected chi connectivity index (χ1v) is 9.31. The number of hydrogen-bond acceptors (Lipinski definition) is 3. The van der Waals surface area contributed by atoms with E-state index < -0.39 is 5.60 Å². The first-order chi connectivity index (χ1) is 12.2.